The lowest BCUT2D eigenvalue weighted by molar-refractivity contribution is -0.133. The van der Waals surface area contributed by atoms with E-state index in [-0.39, 0.29) is 41.4 Å². The van der Waals surface area contributed by atoms with Gasteiger partial charge in [-0.1, -0.05) is 23.4 Å². The van der Waals surface area contributed by atoms with Gasteiger partial charge in [-0.25, -0.2) is 14.4 Å². The summed E-state index contributed by atoms with van der Waals surface area (Å²) >= 11 is 0. The molecule has 1 fully saturated rings. The van der Waals surface area contributed by atoms with E-state index in [4.69, 9.17) is 10.3 Å². The fourth-order valence-electron chi connectivity index (χ4n) is 4.28. The third-order valence-corrected chi connectivity index (χ3v) is 6.48. The van der Waals surface area contributed by atoms with E-state index in [9.17, 15) is 14.0 Å². The minimum atomic E-state index is -1.55. The van der Waals surface area contributed by atoms with Crippen molar-refractivity contribution in [3.05, 3.63) is 59.6 Å². The number of carbonyl (C=O) groups excluding carboxylic acids is 2. The summed E-state index contributed by atoms with van der Waals surface area (Å²) in [4.78, 5) is 34.7. The predicted octanol–water partition coefficient (Wildman–Crippen LogP) is 2.25. The summed E-state index contributed by atoms with van der Waals surface area (Å²) in [5.41, 5.74) is 6.75. The summed E-state index contributed by atoms with van der Waals surface area (Å²) in [7, 11) is 0. The standard InChI is InChI=1S/C24H21FN8O3/c1-24(22(34)27-13-6-7-13)18-19(26)28-20(29-21(18)30-23(24)35)16-10-17(15-8-9-36-32-15)33(31-16)11-12-4-2-3-5-14(12)25/h2-5,8-10,13H,6-7,11H2,1H3,(H,27,34)(H3,26,28,29,30,35). The number of halogens is 1. The van der Waals surface area contributed by atoms with E-state index in [1.54, 1.807) is 35.0 Å². The molecule has 1 aliphatic heterocycles. The second kappa shape index (κ2) is 7.97. The smallest absolute Gasteiger partial charge is 0.245 e. The molecule has 1 atom stereocenters. The zero-order chi connectivity index (χ0) is 25.0. The average molecular weight is 488 g/mol. The quantitative estimate of drug-likeness (QED) is 0.349. The molecule has 3 aromatic heterocycles. The lowest BCUT2D eigenvalue weighted by Crippen LogP contribution is -2.48. The topological polar surface area (TPSA) is 154 Å². The molecule has 4 N–H and O–H groups in total. The van der Waals surface area contributed by atoms with Crippen LogP contribution in [-0.4, -0.2) is 42.8 Å². The summed E-state index contributed by atoms with van der Waals surface area (Å²) in [6.07, 6.45) is 3.18. The maximum atomic E-state index is 14.4. The molecule has 1 aliphatic carbocycles. The predicted molar refractivity (Wildman–Crippen MR) is 126 cm³/mol. The Labute approximate surface area is 203 Å². The monoisotopic (exact) mass is 488 g/mol. The summed E-state index contributed by atoms with van der Waals surface area (Å²) in [5.74, 6) is -1.05. The zero-order valence-corrected chi connectivity index (χ0v) is 19.2. The molecule has 1 saturated carbocycles. The van der Waals surface area contributed by atoms with Crippen LogP contribution < -0.4 is 16.4 Å². The highest BCUT2D eigenvalue weighted by molar-refractivity contribution is 6.21. The molecule has 4 heterocycles. The molecule has 12 heteroatoms. The van der Waals surface area contributed by atoms with Crippen molar-refractivity contribution < 1.29 is 18.5 Å². The van der Waals surface area contributed by atoms with Crippen LogP contribution in [0.5, 0.6) is 0 Å². The molecule has 0 spiro atoms. The number of fused-ring (bicyclic) bond motifs is 1. The molecule has 0 saturated heterocycles. The third kappa shape index (κ3) is 3.49. The summed E-state index contributed by atoms with van der Waals surface area (Å²) < 4.78 is 20.9. The van der Waals surface area contributed by atoms with Gasteiger partial charge in [0.2, 0.25) is 11.8 Å². The first-order valence-electron chi connectivity index (χ1n) is 11.4. The van der Waals surface area contributed by atoms with Crippen molar-refractivity contribution >= 4 is 23.5 Å². The molecule has 0 bridgehead atoms. The van der Waals surface area contributed by atoms with Gasteiger partial charge in [0.1, 0.15) is 35.1 Å². The fourth-order valence-corrected chi connectivity index (χ4v) is 4.28. The molecule has 36 heavy (non-hydrogen) atoms. The molecule has 0 radical (unpaired) electrons. The molecule has 6 rings (SSSR count). The van der Waals surface area contributed by atoms with Gasteiger partial charge in [0.05, 0.1) is 17.8 Å². The van der Waals surface area contributed by atoms with Crippen LogP contribution in [-0.2, 0) is 21.5 Å². The Kier molecular flexibility index (Phi) is 4.85. The van der Waals surface area contributed by atoms with Crippen molar-refractivity contribution in [2.24, 2.45) is 0 Å². The Hall–Kier alpha value is -4.61. The molecule has 2 aliphatic rings. The number of rotatable bonds is 6. The largest absolute Gasteiger partial charge is 0.383 e. The lowest BCUT2D eigenvalue weighted by atomic mass is 9.83. The zero-order valence-electron chi connectivity index (χ0n) is 19.2. The SMILES string of the molecule is CC1(C(=O)NC2CC2)C(=O)Nc2nc(-c3cc(-c4ccon4)n(Cc4ccccc4F)n3)nc(N)c21. The van der Waals surface area contributed by atoms with Gasteiger partial charge in [0, 0.05) is 17.7 Å². The number of hydrogen-bond donors (Lipinski definition) is 3. The number of anilines is 2. The Morgan fingerprint density at radius 1 is 1.28 bits per heavy atom. The van der Waals surface area contributed by atoms with Crippen molar-refractivity contribution in [2.45, 2.75) is 37.8 Å². The van der Waals surface area contributed by atoms with Crippen molar-refractivity contribution in [1.29, 1.82) is 0 Å². The van der Waals surface area contributed by atoms with Crippen LogP contribution in [0.1, 0.15) is 30.9 Å². The van der Waals surface area contributed by atoms with Gasteiger partial charge in [0.15, 0.2) is 11.2 Å². The number of amides is 2. The first-order valence-corrected chi connectivity index (χ1v) is 11.4. The van der Waals surface area contributed by atoms with Gasteiger partial charge in [-0.3, -0.25) is 14.3 Å². The van der Waals surface area contributed by atoms with Crippen LogP contribution in [0.2, 0.25) is 0 Å². The fraction of sp³-hybridized carbons (Fsp3) is 0.250. The third-order valence-electron chi connectivity index (χ3n) is 6.48. The van der Waals surface area contributed by atoms with Crippen LogP contribution in [0.15, 0.2) is 47.2 Å². The number of nitrogens with one attached hydrogen (secondary N) is 2. The van der Waals surface area contributed by atoms with Gasteiger partial charge >= 0.3 is 0 Å². The van der Waals surface area contributed by atoms with Gasteiger partial charge < -0.3 is 20.9 Å². The first kappa shape index (κ1) is 21.9. The number of nitrogens with two attached hydrogens (primary N) is 1. The van der Waals surface area contributed by atoms with Crippen molar-refractivity contribution in [3.63, 3.8) is 0 Å². The second-order valence-corrected chi connectivity index (χ2v) is 9.03. The van der Waals surface area contributed by atoms with E-state index in [1.807, 2.05) is 0 Å². The molecule has 1 aromatic carbocycles. The normalized spacial score (nSPS) is 18.7. The Morgan fingerprint density at radius 3 is 2.81 bits per heavy atom. The van der Waals surface area contributed by atoms with E-state index < -0.39 is 17.2 Å². The van der Waals surface area contributed by atoms with Crippen molar-refractivity contribution in [1.82, 2.24) is 30.2 Å². The maximum Gasteiger partial charge on any atom is 0.245 e. The molecule has 11 nitrogen and oxygen atoms in total. The van der Waals surface area contributed by atoms with Crippen molar-refractivity contribution in [3.8, 4) is 22.9 Å². The van der Waals surface area contributed by atoms with E-state index >= 15 is 0 Å². The van der Waals surface area contributed by atoms with Crippen LogP contribution in [0.25, 0.3) is 22.9 Å². The molecular weight excluding hydrogens is 467 g/mol. The van der Waals surface area contributed by atoms with Crippen LogP contribution in [0.4, 0.5) is 16.0 Å². The molecule has 2 amide bonds. The Morgan fingerprint density at radius 2 is 2.08 bits per heavy atom. The van der Waals surface area contributed by atoms with E-state index in [0.717, 1.165) is 12.8 Å². The highest BCUT2D eigenvalue weighted by atomic mass is 19.1. The maximum absolute atomic E-state index is 14.4. The Bertz CT molecular complexity index is 1510. The van der Waals surface area contributed by atoms with E-state index in [0.29, 0.717) is 22.6 Å². The van der Waals surface area contributed by atoms with Crippen molar-refractivity contribution in [2.75, 3.05) is 11.1 Å². The average Bonchev–Trinajstić information content (AvgIpc) is 3.23. The van der Waals surface area contributed by atoms with Gasteiger partial charge in [-0.15, -0.1) is 0 Å². The number of nitrogens with zero attached hydrogens (tertiary/aromatic N) is 5. The lowest BCUT2D eigenvalue weighted by Gasteiger charge is -2.21. The minimum absolute atomic E-state index is 0.00608. The molecule has 182 valence electrons. The minimum Gasteiger partial charge on any atom is -0.383 e. The van der Waals surface area contributed by atoms with Gasteiger partial charge in [-0.2, -0.15) is 5.10 Å². The summed E-state index contributed by atoms with van der Waals surface area (Å²) in [6.45, 7) is 1.63. The highest BCUT2D eigenvalue weighted by Gasteiger charge is 2.53. The van der Waals surface area contributed by atoms with E-state index in [2.05, 4.69) is 30.9 Å². The number of carbonyl (C=O) groups is 2. The molecule has 1 unspecified atom stereocenters. The number of aromatic nitrogens is 5. The summed E-state index contributed by atoms with van der Waals surface area (Å²) in [6, 6.07) is 9.79. The van der Waals surface area contributed by atoms with Crippen LogP contribution in [0, 0.1) is 5.82 Å². The Balaban J connectivity index is 1.41. The molecular formula is C24H21FN8O3. The number of benzene rings is 1. The second-order valence-electron chi connectivity index (χ2n) is 9.03. The number of hydrogen-bond acceptors (Lipinski definition) is 8. The van der Waals surface area contributed by atoms with E-state index in [1.165, 1.54) is 19.3 Å². The number of nitrogen functional groups attached to an aromatic ring is 1. The summed E-state index contributed by atoms with van der Waals surface area (Å²) in [5, 5.41) is 14.1. The molecule has 4 aromatic rings. The van der Waals surface area contributed by atoms with Crippen LogP contribution in [0.3, 0.4) is 0 Å². The first-order chi connectivity index (χ1) is 17.3. The highest BCUT2D eigenvalue weighted by Crippen LogP contribution is 2.41. The van der Waals surface area contributed by atoms with Gasteiger partial charge in [-0.05, 0) is 31.9 Å². The van der Waals surface area contributed by atoms with Crippen LogP contribution >= 0.6 is 0 Å². The van der Waals surface area contributed by atoms with Gasteiger partial charge in [0.25, 0.3) is 0 Å².